The summed E-state index contributed by atoms with van der Waals surface area (Å²) in [6.07, 6.45) is 4.91. The van der Waals surface area contributed by atoms with E-state index in [9.17, 15) is 4.79 Å². The summed E-state index contributed by atoms with van der Waals surface area (Å²) in [4.78, 5) is 26.5. The van der Waals surface area contributed by atoms with E-state index in [-0.39, 0.29) is 11.8 Å². The molecule has 0 spiro atoms. The number of hydrogen-bond donors (Lipinski definition) is 1. The lowest BCUT2D eigenvalue weighted by Gasteiger charge is -2.31. The number of aryl methyl sites for hydroxylation is 1. The minimum atomic E-state index is -0.201. The van der Waals surface area contributed by atoms with E-state index < -0.39 is 0 Å². The second kappa shape index (κ2) is 5.07. The van der Waals surface area contributed by atoms with Crippen LogP contribution < -0.4 is 10.6 Å². The van der Waals surface area contributed by atoms with Gasteiger partial charge in [-0.25, -0.2) is 15.0 Å². The Morgan fingerprint density at radius 1 is 1.35 bits per heavy atom. The third-order valence-corrected chi connectivity index (χ3v) is 3.92. The number of hydrogen-bond acceptors (Lipinski definition) is 5. The highest BCUT2D eigenvalue weighted by Crippen LogP contribution is 2.26. The van der Waals surface area contributed by atoms with Crippen molar-refractivity contribution in [3.63, 3.8) is 0 Å². The van der Waals surface area contributed by atoms with Gasteiger partial charge in [-0.2, -0.15) is 0 Å². The van der Waals surface area contributed by atoms with Gasteiger partial charge in [0.1, 0.15) is 6.33 Å². The van der Waals surface area contributed by atoms with Crippen molar-refractivity contribution < 1.29 is 4.79 Å². The highest BCUT2D eigenvalue weighted by atomic mass is 16.1. The second-order valence-corrected chi connectivity index (χ2v) is 5.06. The summed E-state index contributed by atoms with van der Waals surface area (Å²) in [5, 5.41) is 0. The van der Waals surface area contributed by atoms with Crippen LogP contribution in [0.3, 0.4) is 0 Å². The van der Waals surface area contributed by atoms with E-state index in [2.05, 4.69) is 26.8 Å². The third kappa shape index (κ3) is 2.09. The molecule has 0 bridgehead atoms. The number of carbonyl (C=O) groups is 1. The summed E-state index contributed by atoms with van der Waals surface area (Å²) in [6, 6.07) is 0. The zero-order valence-corrected chi connectivity index (χ0v) is 11.5. The molecule has 1 amide bonds. The van der Waals surface area contributed by atoms with Crippen LogP contribution in [0.2, 0.25) is 0 Å². The molecule has 3 rings (SSSR count). The van der Waals surface area contributed by atoms with Crippen LogP contribution in [-0.4, -0.2) is 38.5 Å². The first-order valence-electron chi connectivity index (χ1n) is 6.90. The number of imidazole rings is 1. The molecule has 1 aliphatic heterocycles. The molecule has 7 heteroatoms. The first-order chi connectivity index (χ1) is 9.70. The van der Waals surface area contributed by atoms with Gasteiger partial charge in [0.05, 0.1) is 6.33 Å². The molecule has 0 aliphatic carbocycles. The minimum Gasteiger partial charge on any atom is -0.369 e. The SMILES string of the molecule is CCn1cnc2c(N3CCC(C(N)=O)CC3)ncnc21. The molecule has 0 aromatic carbocycles. The fourth-order valence-corrected chi connectivity index (χ4v) is 2.71. The number of piperidine rings is 1. The Hall–Kier alpha value is -2.18. The molecule has 2 aromatic rings. The van der Waals surface area contributed by atoms with E-state index in [1.165, 1.54) is 0 Å². The van der Waals surface area contributed by atoms with Crippen LogP contribution >= 0.6 is 0 Å². The van der Waals surface area contributed by atoms with Gasteiger partial charge >= 0.3 is 0 Å². The van der Waals surface area contributed by atoms with Gasteiger partial charge in [0.25, 0.3) is 0 Å². The summed E-state index contributed by atoms with van der Waals surface area (Å²) in [7, 11) is 0. The molecular weight excluding hydrogens is 256 g/mol. The van der Waals surface area contributed by atoms with E-state index in [4.69, 9.17) is 5.73 Å². The number of aromatic nitrogens is 4. The van der Waals surface area contributed by atoms with Crippen LogP contribution in [-0.2, 0) is 11.3 Å². The van der Waals surface area contributed by atoms with Crippen molar-refractivity contribution in [3.8, 4) is 0 Å². The predicted molar refractivity (Wildman–Crippen MR) is 75.1 cm³/mol. The monoisotopic (exact) mass is 274 g/mol. The maximum absolute atomic E-state index is 11.2. The molecular formula is C13H18N6O. The van der Waals surface area contributed by atoms with Crippen LogP contribution in [0.4, 0.5) is 5.82 Å². The molecule has 2 N–H and O–H groups in total. The minimum absolute atomic E-state index is 0.0169. The number of primary amides is 1. The number of rotatable bonds is 3. The maximum Gasteiger partial charge on any atom is 0.220 e. The molecule has 2 aromatic heterocycles. The van der Waals surface area contributed by atoms with Crippen LogP contribution in [0.25, 0.3) is 11.2 Å². The van der Waals surface area contributed by atoms with Gasteiger partial charge in [0.2, 0.25) is 5.91 Å². The van der Waals surface area contributed by atoms with Gasteiger partial charge in [-0.05, 0) is 19.8 Å². The van der Waals surface area contributed by atoms with E-state index in [1.807, 2.05) is 4.57 Å². The summed E-state index contributed by atoms with van der Waals surface area (Å²) < 4.78 is 2.00. The molecule has 20 heavy (non-hydrogen) atoms. The topological polar surface area (TPSA) is 89.9 Å². The molecule has 1 saturated heterocycles. The maximum atomic E-state index is 11.2. The van der Waals surface area contributed by atoms with Crippen LogP contribution in [0.1, 0.15) is 19.8 Å². The molecule has 7 nitrogen and oxygen atoms in total. The number of nitrogens with two attached hydrogens (primary N) is 1. The van der Waals surface area contributed by atoms with Crippen molar-refractivity contribution in [2.75, 3.05) is 18.0 Å². The van der Waals surface area contributed by atoms with Crippen molar-refractivity contribution in [2.45, 2.75) is 26.3 Å². The summed E-state index contributed by atoms with van der Waals surface area (Å²) in [5.41, 5.74) is 7.05. The third-order valence-electron chi connectivity index (χ3n) is 3.92. The standard InChI is InChI=1S/C13H18N6O/c1-2-18-8-17-10-12(18)15-7-16-13(10)19-5-3-9(4-6-19)11(14)20/h7-9H,2-6H2,1H3,(H2,14,20). The Balaban J connectivity index is 1.88. The van der Waals surface area contributed by atoms with E-state index in [1.54, 1.807) is 12.7 Å². The van der Waals surface area contributed by atoms with Crippen molar-refractivity contribution in [3.05, 3.63) is 12.7 Å². The van der Waals surface area contributed by atoms with E-state index >= 15 is 0 Å². The van der Waals surface area contributed by atoms with Crippen molar-refractivity contribution in [1.82, 2.24) is 19.5 Å². The van der Waals surface area contributed by atoms with Crippen LogP contribution in [0.5, 0.6) is 0 Å². The van der Waals surface area contributed by atoms with Crippen molar-refractivity contribution >= 4 is 22.9 Å². The molecule has 0 atom stereocenters. The normalized spacial score (nSPS) is 16.8. The van der Waals surface area contributed by atoms with Gasteiger partial charge in [0, 0.05) is 25.6 Å². The Bertz CT molecular complexity index is 629. The van der Waals surface area contributed by atoms with Gasteiger partial charge < -0.3 is 15.2 Å². The Kier molecular flexibility index (Phi) is 3.25. The lowest BCUT2D eigenvalue weighted by Crippen LogP contribution is -2.39. The van der Waals surface area contributed by atoms with Gasteiger partial charge in [-0.3, -0.25) is 4.79 Å². The first-order valence-corrected chi connectivity index (χ1v) is 6.90. The van der Waals surface area contributed by atoms with Crippen molar-refractivity contribution in [1.29, 1.82) is 0 Å². The summed E-state index contributed by atoms with van der Waals surface area (Å²) >= 11 is 0. The number of amides is 1. The van der Waals surface area contributed by atoms with Crippen molar-refractivity contribution in [2.24, 2.45) is 11.7 Å². The highest BCUT2D eigenvalue weighted by molar-refractivity contribution is 5.83. The average molecular weight is 274 g/mol. The van der Waals surface area contributed by atoms with E-state index in [0.29, 0.717) is 0 Å². The number of nitrogens with zero attached hydrogens (tertiary/aromatic N) is 5. The Morgan fingerprint density at radius 3 is 2.75 bits per heavy atom. The Morgan fingerprint density at radius 2 is 2.10 bits per heavy atom. The first kappa shape index (κ1) is 12.8. The lowest BCUT2D eigenvalue weighted by molar-refractivity contribution is -0.122. The number of fused-ring (bicyclic) bond motifs is 1. The molecule has 0 unspecified atom stereocenters. The second-order valence-electron chi connectivity index (χ2n) is 5.06. The summed E-state index contributed by atoms with van der Waals surface area (Å²) in [6.45, 7) is 4.44. The molecule has 0 radical (unpaired) electrons. The summed E-state index contributed by atoms with van der Waals surface area (Å²) in [5.74, 6) is 0.634. The molecule has 3 heterocycles. The highest BCUT2D eigenvalue weighted by Gasteiger charge is 2.25. The quantitative estimate of drug-likeness (QED) is 0.882. The van der Waals surface area contributed by atoms with Crippen LogP contribution in [0, 0.1) is 5.92 Å². The largest absolute Gasteiger partial charge is 0.369 e. The van der Waals surface area contributed by atoms with Crippen LogP contribution in [0.15, 0.2) is 12.7 Å². The smallest absolute Gasteiger partial charge is 0.220 e. The average Bonchev–Trinajstić information content (AvgIpc) is 2.90. The zero-order valence-electron chi connectivity index (χ0n) is 11.5. The fraction of sp³-hybridized carbons (Fsp3) is 0.538. The number of carbonyl (C=O) groups excluding carboxylic acids is 1. The molecule has 1 aliphatic rings. The lowest BCUT2D eigenvalue weighted by atomic mass is 9.96. The van der Waals surface area contributed by atoms with Gasteiger partial charge in [-0.1, -0.05) is 0 Å². The van der Waals surface area contributed by atoms with E-state index in [0.717, 1.165) is 49.5 Å². The van der Waals surface area contributed by atoms with Gasteiger partial charge in [-0.15, -0.1) is 0 Å². The fourth-order valence-electron chi connectivity index (χ4n) is 2.71. The zero-order chi connectivity index (χ0) is 14.1. The van der Waals surface area contributed by atoms with Gasteiger partial charge in [0.15, 0.2) is 17.0 Å². The Labute approximate surface area is 116 Å². The molecule has 0 saturated carbocycles. The predicted octanol–water partition coefficient (Wildman–Crippen LogP) is 0.548. The number of anilines is 1. The molecule has 1 fully saturated rings. The molecule has 106 valence electrons.